The first-order valence-electron chi connectivity index (χ1n) is 4.63. The zero-order valence-electron chi connectivity index (χ0n) is 7.44. The molecular formula is C11H13NO. The van der Waals surface area contributed by atoms with E-state index in [2.05, 4.69) is 0 Å². The first kappa shape index (κ1) is 8.45. The van der Waals surface area contributed by atoms with Crippen molar-refractivity contribution in [2.75, 3.05) is 0 Å². The zero-order chi connectivity index (χ0) is 9.26. The number of hydrogen-bond acceptors (Lipinski definition) is 2. The normalized spacial score (nSPS) is 18.2. The molecule has 0 spiro atoms. The molecule has 1 saturated carbocycles. The van der Waals surface area contributed by atoms with Crippen LogP contribution < -0.4 is 5.73 Å². The van der Waals surface area contributed by atoms with Gasteiger partial charge in [0.1, 0.15) is 0 Å². The molecule has 0 bridgehead atoms. The van der Waals surface area contributed by atoms with Gasteiger partial charge in [-0.15, -0.1) is 0 Å². The Balaban J connectivity index is 2.12. The number of ketones is 1. The molecule has 2 rings (SSSR count). The number of nitrogens with two attached hydrogens (primary N) is 1. The van der Waals surface area contributed by atoms with Crippen LogP contribution in [0.4, 0.5) is 0 Å². The minimum Gasteiger partial charge on any atom is -0.318 e. The Morgan fingerprint density at radius 2 is 1.92 bits per heavy atom. The number of rotatable bonds is 3. The third kappa shape index (κ3) is 1.78. The van der Waals surface area contributed by atoms with Crippen molar-refractivity contribution in [1.82, 2.24) is 0 Å². The van der Waals surface area contributed by atoms with E-state index in [0.717, 1.165) is 18.4 Å². The lowest BCUT2D eigenvalue weighted by molar-refractivity contribution is -0.121. The average molecular weight is 175 g/mol. The minimum absolute atomic E-state index is 0.200. The first-order chi connectivity index (χ1) is 6.29. The van der Waals surface area contributed by atoms with Crippen LogP contribution in [0.5, 0.6) is 0 Å². The fraction of sp³-hybridized carbons (Fsp3) is 0.364. The Labute approximate surface area is 77.8 Å². The molecule has 0 aromatic heterocycles. The molecule has 1 aromatic rings. The Hall–Kier alpha value is -1.15. The van der Waals surface area contributed by atoms with Gasteiger partial charge in [-0.25, -0.2) is 0 Å². The van der Waals surface area contributed by atoms with Crippen LogP contribution in [0.1, 0.15) is 24.4 Å². The summed E-state index contributed by atoms with van der Waals surface area (Å²) in [6, 6.07) is 9.16. The van der Waals surface area contributed by atoms with Crippen molar-refractivity contribution in [2.45, 2.75) is 18.9 Å². The number of carbonyl (C=O) groups excluding carboxylic acids is 1. The second-order valence-electron chi connectivity index (χ2n) is 3.56. The molecule has 0 radical (unpaired) electrons. The van der Waals surface area contributed by atoms with Gasteiger partial charge in [0.25, 0.3) is 0 Å². The zero-order valence-corrected chi connectivity index (χ0v) is 7.44. The number of benzene rings is 1. The highest BCUT2D eigenvalue weighted by Crippen LogP contribution is 2.33. The summed E-state index contributed by atoms with van der Waals surface area (Å²) < 4.78 is 0. The van der Waals surface area contributed by atoms with Gasteiger partial charge in [-0.1, -0.05) is 30.3 Å². The standard InChI is InChI=1S/C11H13NO/c12-10(11(13)9-6-7-9)8-4-2-1-3-5-8/h1-5,9-10H,6-7,12H2/t10-/m1/s1. The average Bonchev–Trinajstić information content (AvgIpc) is 3.00. The van der Waals surface area contributed by atoms with Crippen LogP contribution in [0.15, 0.2) is 30.3 Å². The van der Waals surface area contributed by atoms with Gasteiger partial charge in [0.2, 0.25) is 0 Å². The summed E-state index contributed by atoms with van der Waals surface area (Å²) in [4.78, 5) is 11.6. The summed E-state index contributed by atoms with van der Waals surface area (Å²) in [7, 11) is 0. The smallest absolute Gasteiger partial charge is 0.157 e. The molecule has 0 saturated heterocycles. The minimum atomic E-state index is -0.409. The van der Waals surface area contributed by atoms with Crippen LogP contribution in [0.2, 0.25) is 0 Å². The maximum Gasteiger partial charge on any atom is 0.157 e. The summed E-state index contributed by atoms with van der Waals surface area (Å²) in [6.07, 6.45) is 2.05. The predicted octanol–water partition coefficient (Wildman–Crippen LogP) is 1.67. The summed E-state index contributed by atoms with van der Waals surface area (Å²) in [6.45, 7) is 0. The van der Waals surface area contributed by atoms with E-state index in [4.69, 9.17) is 5.73 Å². The largest absolute Gasteiger partial charge is 0.318 e. The molecule has 2 N–H and O–H groups in total. The molecule has 0 unspecified atom stereocenters. The third-order valence-corrected chi connectivity index (χ3v) is 2.44. The van der Waals surface area contributed by atoms with Crippen molar-refractivity contribution >= 4 is 5.78 Å². The van der Waals surface area contributed by atoms with E-state index in [1.54, 1.807) is 0 Å². The van der Waals surface area contributed by atoms with Crippen LogP contribution in [0, 0.1) is 5.92 Å². The van der Waals surface area contributed by atoms with Gasteiger partial charge in [-0.05, 0) is 18.4 Å². The lowest BCUT2D eigenvalue weighted by atomic mass is 10.0. The van der Waals surface area contributed by atoms with Gasteiger partial charge >= 0.3 is 0 Å². The fourth-order valence-electron chi connectivity index (χ4n) is 1.45. The summed E-state index contributed by atoms with van der Waals surface area (Å²) >= 11 is 0. The Kier molecular flexibility index (Phi) is 2.15. The van der Waals surface area contributed by atoms with E-state index >= 15 is 0 Å². The summed E-state index contributed by atoms with van der Waals surface area (Å²) in [5.74, 6) is 0.446. The molecular weight excluding hydrogens is 162 g/mol. The predicted molar refractivity (Wildman–Crippen MR) is 51.1 cm³/mol. The highest BCUT2D eigenvalue weighted by Gasteiger charge is 2.33. The Morgan fingerprint density at radius 3 is 2.46 bits per heavy atom. The second-order valence-corrected chi connectivity index (χ2v) is 3.56. The molecule has 1 aliphatic carbocycles. The van der Waals surface area contributed by atoms with Gasteiger partial charge in [0.15, 0.2) is 5.78 Å². The van der Waals surface area contributed by atoms with Crippen LogP contribution >= 0.6 is 0 Å². The van der Waals surface area contributed by atoms with E-state index in [1.807, 2.05) is 30.3 Å². The quantitative estimate of drug-likeness (QED) is 0.759. The van der Waals surface area contributed by atoms with Crippen molar-refractivity contribution in [3.8, 4) is 0 Å². The van der Waals surface area contributed by atoms with Gasteiger partial charge in [-0.3, -0.25) is 4.79 Å². The van der Waals surface area contributed by atoms with Crippen molar-refractivity contribution in [3.63, 3.8) is 0 Å². The second kappa shape index (κ2) is 3.30. The van der Waals surface area contributed by atoms with Gasteiger partial charge in [-0.2, -0.15) is 0 Å². The van der Waals surface area contributed by atoms with Gasteiger partial charge in [0, 0.05) is 5.92 Å². The third-order valence-electron chi connectivity index (χ3n) is 2.44. The highest BCUT2D eigenvalue weighted by molar-refractivity contribution is 5.89. The molecule has 2 heteroatoms. The Bertz CT molecular complexity index is 303. The Morgan fingerprint density at radius 1 is 1.31 bits per heavy atom. The van der Waals surface area contributed by atoms with Crippen molar-refractivity contribution < 1.29 is 4.79 Å². The molecule has 0 aliphatic heterocycles. The number of Topliss-reactive ketones (excluding diaryl/α,β-unsaturated/α-hetero) is 1. The van der Waals surface area contributed by atoms with Crippen molar-refractivity contribution in [2.24, 2.45) is 11.7 Å². The molecule has 13 heavy (non-hydrogen) atoms. The van der Waals surface area contributed by atoms with Crippen LogP contribution in [-0.4, -0.2) is 5.78 Å². The number of hydrogen-bond donors (Lipinski definition) is 1. The van der Waals surface area contributed by atoms with Crippen LogP contribution in [0.3, 0.4) is 0 Å². The molecule has 68 valence electrons. The highest BCUT2D eigenvalue weighted by atomic mass is 16.1. The fourth-order valence-corrected chi connectivity index (χ4v) is 1.45. The van der Waals surface area contributed by atoms with E-state index in [1.165, 1.54) is 0 Å². The van der Waals surface area contributed by atoms with E-state index in [0.29, 0.717) is 0 Å². The molecule has 1 atom stereocenters. The molecule has 0 amide bonds. The number of carbonyl (C=O) groups is 1. The summed E-state index contributed by atoms with van der Waals surface area (Å²) in [5.41, 5.74) is 6.76. The molecule has 1 fully saturated rings. The van der Waals surface area contributed by atoms with E-state index in [-0.39, 0.29) is 11.7 Å². The lowest BCUT2D eigenvalue weighted by Gasteiger charge is -2.09. The molecule has 2 nitrogen and oxygen atoms in total. The molecule has 1 aliphatic rings. The maximum atomic E-state index is 11.6. The monoisotopic (exact) mass is 175 g/mol. The summed E-state index contributed by atoms with van der Waals surface area (Å²) in [5, 5.41) is 0. The molecule has 0 heterocycles. The topological polar surface area (TPSA) is 43.1 Å². The van der Waals surface area contributed by atoms with Crippen LogP contribution in [-0.2, 0) is 4.79 Å². The van der Waals surface area contributed by atoms with Crippen LogP contribution in [0.25, 0.3) is 0 Å². The van der Waals surface area contributed by atoms with Crippen molar-refractivity contribution in [1.29, 1.82) is 0 Å². The van der Waals surface area contributed by atoms with Crippen molar-refractivity contribution in [3.05, 3.63) is 35.9 Å². The van der Waals surface area contributed by atoms with E-state index in [9.17, 15) is 4.79 Å². The van der Waals surface area contributed by atoms with Gasteiger partial charge < -0.3 is 5.73 Å². The first-order valence-corrected chi connectivity index (χ1v) is 4.63. The lowest BCUT2D eigenvalue weighted by Crippen LogP contribution is -2.22. The SMILES string of the molecule is N[C@@H](C(=O)C1CC1)c1ccccc1. The van der Waals surface area contributed by atoms with E-state index < -0.39 is 6.04 Å². The van der Waals surface area contributed by atoms with Gasteiger partial charge in [0.05, 0.1) is 6.04 Å². The maximum absolute atomic E-state index is 11.6. The molecule has 1 aromatic carbocycles.